The van der Waals surface area contributed by atoms with Crippen molar-refractivity contribution in [2.24, 2.45) is 5.41 Å². The summed E-state index contributed by atoms with van der Waals surface area (Å²) in [6, 6.07) is 7.99. The van der Waals surface area contributed by atoms with Gasteiger partial charge in [-0.25, -0.2) is 0 Å². The van der Waals surface area contributed by atoms with Crippen LogP contribution in [0.15, 0.2) is 24.3 Å². The van der Waals surface area contributed by atoms with Crippen molar-refractivity contribution < 1.29 is 9.59 Å². The summed E-state index contributed by atoms with van der Waals surface area (Å²) >= 11 is 5.23. The maximum Gasteiger partial charge on any atom is 0.228 e. The molecular weight excluding hydrogens is 384 g/mol. The number of benzene rings is 1. The van der Waals surface area contributed by atoms with E-state index < -0.39 is 0 Å². The number of hydrogen-bond donors (Lipinski definition) is 2. The largest absolute Gasteiger partial charge is 0.368 e. The van der Waals surface area contributed by atoms with E-state index in [0.29, 0.717) is 11.5 Å². The number of rotatable bonds is 6. The zero-order valence-electron chi connectivity index (χ0n) is 18.1. The van der Waals surface area contributed by atoms with Crippen LogP contribution in [0.3, 0.4) is 0 Å². The number of piperazine rings is 1. The van der Waals surface area contributed by atoms with Crippen LogP contribution in [0.25, 0.3) is 0 Å². The van der Waals surface area contributed by atoms with Gasteiger partial charge in [-0.3, -0.25) is 9.59 Å². The summed E-state index contributed by atoms with van der Waals surface area (Å²) in [7, 11) is 0. The lowest BCUT2D eigenvalue weighted by Gasteiger charge is -2.38. The summed E-state index contributed by atoms with van der Waals surface area (Å²) in [5, 5.41) is 6.11. The van der Waals surface area contributed by atoms with Crippen molar-refractivity contribution in [3.8, 4) is 0 Å². The SMILES string of the molecule is CCCCCC(=O)NC(=S)Nc1ccc(N2CCN(C(=O)C(C)(C)C)CC2)cc1. The number of hydrogen-bond acceptors (Lipinski definition) is 4. The van der Waals surface area contributed by atoms with E-state index in [1.165, 1.54) is 0 Å². The van der Waals surface area contributed by atoms with Crippen LogP contribution >= 0.6 is 12.2 Å². The molecule has 0 atom stereocenters. The van der Waals surface area contributed by atoms with E-state index in [-0.39, 0.29) is 17.2 Å². The third kappa shape index (κ3) is 7.31. The van der Waals surface area contributed by atoms with Gasteiger partial charge in [0, 0.05) is 49.4 Å². The van der Waals surface area contributed by atoms with Crippen LogP contribution in [0.4, 0.5) is 11.4 Å². The van der Waals surface area contributed by atoms with E-state index in [4.69, 9.17) is 12.2 Å². The highest BCUT2D eigenvalue weighted by molar-refractivity contribution is 7.80. The molecule has 1 aliphatic heterocycles. The van der Waals surface area contributed by atoms with Crippen molar-refractivity contribution in [2.75, 3.05) is 36.4 Å². The molecule has 2 amide bonds. The molecule has 0 aliphatic carbocycles. The number of nitrogens with one attached hydrogen (secondary N) is 2. The topological polar surface area (TPSA) is 64.7 Å². The van der Waals surface area contributed by atoms with Crippen molar-refractivity contribution >= 4 is 40.5 Å². The lowest BCUT2D eigenvalue weighted by atomic mass is 9.94. The quantitative estimate of drug-likeness (QED) is 0.544. The molecule has 0 saturated carbocycles. The first-order chi connectivity index (χ1) is 13.7. The van der Waals surface area contributed by atoms with Gasteiger partial charge in [-0.1, -0.05) is 40.5 Å². The fourth-order valence-corrected chi connectivity index (χ4v) is 3.52. The summed E-state index contributed by atoms with van der Waals surface area (Å²) in [5.74, 6) is 0.164. The smallest absolute Gasteiger partial charge is 0.228 e. The molecule has 1 aromatic rings. The van der Waals surface area contributed by atoms with Crippen LogP contribution in [0.1, 0.15) is 53.4 Å². The molecule has 0 aromatic heterocycles. The Morgan fingerprint density at radius 1 is 1.03 bits per heavy atom. The highest BCUT2D eigenvalue weighted by Gasteiger charge is 2.29. The van der Waals surface area contributed by atoms with Crippen molar-refractivity contribution in [1.29, 1.82) is 0 Å². The molecule has 1 heterocycles. The molecule has 6 nitrogen and oxygen atoms in total. The van der Waals surface area contributed by atoms with E-state index >= 15 is 0 Å². The third-order valence-electron chi connectivity index (χ3n) is 4.96. The molecule has 2 N–H and O–H groups in total. The molecule has 7 heteroatoms. The normalized spacial score (nSPS) is 14.5. The van der Waals surface area contributed by atoms with Gasteiger partial charge in [0.2, 0.25) is 11.8 Å². The standard InChI is InChI=1S/C22H34N4O2S/c1-5-6-7-8-19(27)24-21(29)23-17-9-11-18(12-10-17)25-13-15-26(16-14-25)20(28)22(2,3)4/h9-12H,5-8,13-16H2,1-4H3,(H2,23,24,27,29). The number of carbonyl (C=O) groups is 2. The van der Waals surface area contributed by atoms with Crippen molar-refractivity contribution in [2.45, 2.75) is 53.4 Å². The predicted molar refractivity (Wildman–Crippen MR) is 123 cm³/mol. The van der Waals surface area contributed by atoms with Crippen LogP contribution in [-0.2, 0) is 9.59 Å². The average Bonchev–Trinajstić information content (AvgIpc) is 2.67. The minimum absolute atomic E-state index is 0.0461. The molecule has 1 fully saturated rings. The minimum atomic E-state index is -0.334. The Labute approximate surface area is 180 Å². The van der Waals surface area contributed by atoms with Gasteiger partial charge in [0.1, 0.15) is 0 Å². The second kappa shape index (κ2) is 10.6. The van der Waals surface area contributed by atoms with Crippen LogP contribution in [0, 0.1) is 5.41 Å². The molecule has 29 heavy (non-hydrogen) atoms. The van der Waals surface area contributed by atoms with Crippen molar-refractivity contribution in [1.82, 2.24) is 10.2 Å². The first kappa shape index (κ1) is 23.1. The highest BCUT2D eigenvalue weighted by Crippen LogP contribution is 2.22. The predicted octanol–water partition coefficient (Wildman–Crippen LogP) is 3.77. The summed E-state index contributed by atoms with van der Waals surface area (Å²) in [6.07, 6.45) is 3.52. The first-order valence-electron chi connectivity index (χ1n) is 10.5. The molecule has 2 rings (SSSR count). The van der Waals surface area contributed by atoms with E-state index in [1.54, 1.807) is 0 Å². The molecular formula is C22H34N4O2S. The second-order valence-corrected chi connectivity index (χ2v) is 8.94. The summed E-state index contributed by atoms with van der Waals surface area (Å²) in [5.41, 5.74) is 1.63. The van der Waals surface area contributed by atoms with Gasteiger partial charge in [-0.05, 0) is 42.9 Å². The number of unbranched alkanes of at least 4 members (excludes halogenated alkanes) is 2. The van der Waals surface area contributed by atoms with Crippen LogP contribution < -0.4 is 15.5 Å². The Balaban J connectivity index is 1.81. The van der Waals surface area contributed by atoms with Gasteiger partial charge in [0.15, 0.2) is 5.11 Å². The lowest BCUT2D eigenvalue weighted by Crippen LogP contribution is -2.51. The van der Waals surface area contributed by atoms with Gasteiger partial charge >= 0.3 is 0 Å². The monoisotopic (exact) mass is 418 g/mol. The molecule has 0 unspecified atom stereocenters. The maximum atomic E-state index is 12.4. The Hall–Kier alpha value is -2.15. The first-order valence-corrected chi connectivity index (χ1v) is 10.9. The van der Waals surface area contributed by atoms with Crippen LogP contribution in [0.2, 0.25) is 0 Å². The zero-order valence-corrected chi connectivity index (χ0v) is 18.9. The number of thiocarbonyl (C=S) groups is 1. The molecule has 1 aliphatic rings. The Kier molecular flexibility index (Phi) is 8.44. The molecule has 1 saturated heterocycles. The molecule has 0 bridgehead atoms. The van der Waals surface area contributed by atoms with E-state index in [1.807, 2.05) is 49.9 Å². The maximum absolute atomic E-state index is 12.4. The molecule has 1 aromatic carbocycles. The second-order valence-electron chi connectivity index (χ2n) is 8.54. The molecule has 160 valence electrons. The summed E-state index contributed by atoms with van der Waals surface area (Å²) in [4.78, 5) is 28.5. The van der Waals surface area contributed by atoms with Crippen molar-refractivity contribution in [3.05, 3.63) is 24.3 Å². The summed E-state index contributed by atoms with van der Waals surface area (Å²) < 4.78 is 0. The average molecular weight is 419 g/mol. The van der Waals surface area contributed by atoms with Gasteiger partial charge in [0.25, 0.3) is 0 Å². The Bertz CT molecular complexity index is 705. The minimum Gasteiger partial charge on any atom is -0.368 e. The van der Waals surface area contributed by atoms with Gasteiger partial charge in [-0.2, -0.15) is 0 Å². The fourth-order valence-electron chi connectivity index (χ4n) is 3.28. The number of carbonyl (C=O) groups excluding carboxylic acids is 2. The van der Waals surface area contributed by atoms with Gasteiger partial charge < -0.3 is 20.4 Å². The van der Waals surface area contributed by atoms with E-state index in [9.17, 15) is 9.59 Å². The van der Waals surface area contributed by atoms with Gasteiger partial charge in [-0.15, -0.1) is 0 Å². The lowest BCUT2D eigenvalue weighted by molar-refractivity contribution is -0.139. The Morgan fingerprint density at radius 3 is 2.21 bits per heavy atom. The van der Waals surface area contributed by atoms with Crippen molar-refractivity contribution in [3.63, 3.8) is 0 Å². The van der Waals surface area contributed by atoms with Crippen LogP contribution in [-0.4, -0.2) is 48.0 Å². The van der Waals surface area contributed by atoms with E-state index in [2.05, 4.69) is 22.5 Å². The van der Waals surface area contributed by atoms with Gasteiger partial charge in [0.05, 0.1) is 0 Å². The highest BCUT2D eigenvalue weighted by atomic mass is 32.1. The molecule has 0 spiro atoms. The zero-order chi connectivity index (χ0) is 21.4. The fraction of sp³-hybridized carbons (Fsp3) is 0.591. The van der Waals surface area contributed by atoms with Crippen LogP contribution in [0.5, 0.6) is 0 Å². The Morgan fingerprint density at radius 2 is 1.66 bits per heavy atom. The molecule has 0 radical (unpaired) electrons. The number of nitrogens with zero attached hydrogens (tertiary/aromatic N) is 2. The number of anilines is 2. The van der Waals surface area contributed by atoms with E-state index in [0.717, 1.165) is 56.8 Å². The third-order valence-corrected chi connectivity index (χ3v) is 5.16. The number of amides is 2. The summed E-state index contributed by atoms with van der Waals surface area (Å²) in [6.45, 7) is 11.1.